The molecule has 0 aliphatic heterocycles. The number of hydrogen-bond donors (Lipinski definition) is 0. The molecule has 0 bridgehead atoms. The first-order chi connectivity index (χ1) is 24.6. The van der Waals surface area contributed by atoms with Crippen molar-refractivity contribution in [1.82, 2.24) is 0 Å². The minimum Gasteiger partial charge on any atom is -0.756 e. The SMILES string of the molecule is CCCCC/C=C\C/C=C\CCCCCCCCCCCCOCC(COP(=O)([O-])OCC[N+](C)(C)C)OC(=O)CCCCCCCCCCC. The number of carbonyl (C=O) groups excluding carboxylic acids is 1. The van der Waals surface area contributed by atoms with Crippen LogP contribution in [0.5, 0.6) is 0 Å². The van der Waals surface area contributed by atoms with E-state index in [0.717, 1.165) is 38.5 Å². The maximum absolute atomic E-state index is 12.6. The molecule has 0 aromatic heterocycles. The topological polar surface area (TPSA) is 94.1 Å². The van der Waals surface area contributed by atoms with Gasteiger partial charge in [0.25, 0.3) is 7.82 Å². The van der Waals surface area contributed by atoms with Crippen LogP contribution in [-0.4, -0.2) is 70.7 Å². The molecule has 9 heteroatoms. The summed E-state index contributed by atoms with van der Waals surface area (Å²) in [6, 6.07) is 0. The van der Waals surface area contributed by atoms with E-state index in [-0.39, 0.29) is 25.8 Å². The predicted octanol–water partition coefficient (Wildman–Crippen LogP) is 11.4. The molecule has 0 radical (unpaired) electrons. The van der Waals surface area contributed by atoms with Crippen molar-refractivity contribution in [3.05, 3.63) is 24.3 Å². The molecule has 0 N–H and O–H groups in total. The highest BCUT2D eigenvalue weighted by Crippen LogP contribution is 2.38. The van der Waals surface area contributed by atoms with Crippen molar-refractivity contribution < 1.29 is 37.3 Å². The Kier molecular flexibility index (Phi) is 35.3. The molecule has 0 aliphatic rings. The van der Waals surface area contributed by atoms with E-state index in [1.54, 1.807) is 0 Å². The zero-order chi connectivity index (χ0) is 37.7. The number of rotatable bonds is 39. The van der Waals surface area contributed by atoms with Gasteiger partial charge in [0, 0.05) is 13.0 Å². The normalized spacial score (nSPS) is 14.1. The number of likely N-dealkylation sites (N-methyl/N-ethyl adjacent to an activating group) is 1. The van der Waals surface area contributed by atoms with Crippen molar-refractivity contribution in [3.8, 4) is 0 Å². The molecule has 0 spiro atoms. The predicted molar refractivity (Wildman–Crippen MR) is 213 cm³/mol. The third-order valence-corrected chi connectivity index (χ3v) is 9.97. The average Bonchev–Trinajstić information content (AvgIpc) is 3.08. The van der Waals surface area contributed by atoms with E-state index in [9.17, 15) is 14.3 Å². The van der Waals surface area contributed by atoms with Crippen LogP contribution in [0.25, 0.3) is 0 Å². The van der Waals surface area contributed by atoms with Crippen molar-refractivity contribution in [2.24, 2.45) is 0 Å². The smallest absolute Gasteiger partial charge is 0.306 e. The molecule has 0 heterocycles. The molecule has 0 saturated heterocycles. The Bertz CT molecular complexity index is 874. The van der Waals surface area contributed by atoms with Crippen LogP contribution in [0.2, 0.25) is 0 Å². The zero-order valence-electron chi connectivity index (χ0n) is 34.1. The summed E-state index contributed by atoms with van der Waals surface area (Å²) in [6.07, 6.45) is 39.1. The summed E-state index contributed by atoms with van der Waals surface area (Å²) in [4.78, 5) is 24.9. The Morgan fingerprint density at radius 3 is 1.63 bits per heavy atom. The zero-order valence-corrected chi connectivity index (χ0v) is 35.0. The minimum absolute atomic E-state index is 0.0272. The van der Waals surface area contributed by atoms with Crippen LogP contribution in [-0.2, 0) is 27.9 Å². The van der Waals surface area contributed by atoms with Gasteiger partial charge in [0.2, 0.25) is 0 Å². The number of phosphoric acid groups is 1. The van der Waals surface area contributed by atoms with Gasteiger partial charge in [-0.25, -0.2) is 0 Å². The summed E-state index contributed by atoms with van der Waals surface area (Å²) in [5.74, 6) is -0.338. The maximum atomic E-state index is 12.6. The van der Waals surface area contributed by atoms with Gasteiger partial charge in [-0.15, -0.1) is 0 Å². The molecule has 2 atom stereocenters. The van der Waals surface area contributed by atoms with E-state index >= 15 is 0 Å². The van der Waals surface area contributed by atoms with Crippen molar-refractivity contribution in [2.75, 3.05) is 54.1 Å². The van der Waals surface area contributed by atoms with Gasteiger partial charge in [-0.05, 0) is 44.9 Å². The largest absolute Gasteiger partial charge is 0.756 e. The van der Waals surface area contributed by atoms with E-state index in [2.05, 4.69) is 38.2 Å². The van der Waals surface area contributed by atoms with E-state index in [1.165, 1.54) is 122 Å². The molecule has 2 unspecified atom stereocenters. The highest BCUT2D eigenvalue weighted by molar-refractivity contribution is 7.45. The quantitative estimate of drug-likeness (QED) is 0.0203. The standard InChI is InChI=1S/C42H82NO7P/c1-6-8-10-12-14-16-17-18-19-20-21-22-23-24-25-26-28-30-32-34-37-47-39-41(40-49-51(45,46)48-38-36-43(3,4)5)50-42(44)35-33-31-29-27-15-13-11-9-7-2/h14,16,18-19,41H,6-13,15,17,20-40H2,1-5H3/b16-14-,19-18-. The van der Waals surface area contributed by atoms with E-state index in [1.807, 2.05) is 21.1 Å². The summed E-state index contributed by atoms with van der Waals surface area (Å²) in [5.41, 5.74) is 0. The van der Waals surface area contributed by atoms with Gasteiger partial charge in [-0.3, -0.25) is 9.36 Å². The highest BCUT2D eigenvalue weighted by Gasteiger charge is 2.20. The van der Waals surface area contributed by atoms with Gasteiger partial charge in [0.15, 0.2) is 0 Å². The van der Waals surface area contributed by atoms with E-state index in [4.69, 9.17) is 18.5 Å². The molecule has 0 aliphatic carbocycles. The lowest BCUT2D eigenvalue weighted by Gasteiger charge is -2.28. The lowest BCUT2D eigenvalue weighted by atomic mass is 10.1. The molecule has 302 valence electrons. The lowest BCUT2D eigenvalue weighted by Crippen LogP contribution is -2.37. The fourth-order valence-electron chi connectivity index (χ4n) is 5.69. The Hall–Kier alpha value is -1.02. The van der Waals surface area contributed by atoms with Gasteiger partial charge in [-0.1, -0.05) is 154 Å². The molecule has 8 nitrogen and oxygen atoms in total. The molecule has 0 aromatic carbocycles. The monoisotopic (exact) mass is 744 g/mol. The Morgan fingerprint density at radius 2 is 1.08 bits per heavy atom. The van der Waals surface area contributed by atoms with Gasteiger partial charge in [-0.2, -0.15) is 0 Å². The van der Waals surface area contributed by atoms with Crippen molar-refractivity contribution >= 4 is 13.8 Å². The third-order valence-electron chi connectivity index (χ3n) is 9.01. The first-order valence-corrected chi connectivity index (χ1v) is 22.5. The number of quaternary nitrogens is 1. The van der Waals surface area contributed by atoms with Crippen LogP contribution in [0.15, 0.2) is 24.3 Å². The average molecular weight is 744 g/mol. The molecule has 0 saturated carbocycles. The number of unbranched alkanes of at least 4 members (excludes halogenated alkanes) is 21. The number of carbonyl (C=O) groups is 1. The van der Waals surface area contributed by atoms with Crippen LogP contribution < -0.4 is 4.89 Å². The molecular weight excluding hydrogens is 661 g/mol. The van der Waals surface area contributed by atoms with Gasteiger partial charge >= 0.3 is 5.97 Å². The summed E-state index contributed by atoms with van der Waals surface area (Å²) in [6.45, 7) is 5.37. The summed E-state index contributed by atoms with van der Waals surface area (Å²) >= 11 is 0. The van der Waals surface area contributed by atoms with Gasteiger partial charge in [0.05, 0.1) is 34.4 Å². The third kappa shape index (κ3) is 40.0. The number of allylic oxidation sites excluding steroid dienone is 4. The van der Waals surface area contributed by atoms with Gasteiger partial charge in [0.1, 0.15) is 19.3 Å². The van der Waals surface area contributed by atoms with E-state index in [0.29, 0.717) is 24.1 Å². The number of hydrogen-bond acceptors (Lipinski definition) is 7. The van der Waals surface area contributed by atoms with Crippen LogP contribution >= 0.6 is 7.82 Å². The van der Waals surface area contributed by atoms with Crippen LogP contribution in [0.3, 0.4) is 0 Å². The molecule has 0 rings (SSSR count). The molecule has 51 heavy (non-hydrogen) atoms. The summed E-state index contributed by atoms with van der Waals surface area (Å²) in [5, 5.41) is 0. The fraction of sp³-hybridized carbons (Fsp3) is 0.881. The molecule has 0 fully saturated rings. The number of nitrogens with zero attached hydrogens (tertiary/aromatic N) is 1. The van der Waals surface area contributed by atoms with Crippen molar-refractivity contribution in [2.45, 2.75) is 187 Å². The molecule has 0 amide bonds. The maximum Gasteiger partial charge on any atom is 0.306 e. The number of ether oxygens (including phenoxy) is 2. The Morgan fingerprint density at radius 1 is 0.608 bits per heavy atom. The second kappa shape index (κ2) is 36.0. The Labute approximate surface area is 315 Å². The number of esters is 1. The second-order valence-corrected chi connectivity index (χ2v) is 16.8. The highest BCUT2D eigenvalue weighted by atomic mass is 31.2. The van der Waals surface area contributed by atoms with E-state index < -0.39 is 13.9 Å². The first kappa shape index (κ1) is 50.0. The summed E-state index contributed by atoms with van der Waals surface area (Å²) in [7, 11) is 1.36. The van der Waals surface area contributed by atoms with Crippen LogP contribution in [0.1, 0.15) is 181 Å². The Balaban J connectivity index is 4.13. The summed E-state index contributed by atoms with van der Waals surface area (Å²) < 4.78 is 34.5. The van der Waals surface area contributed by atoms with Crippen molar-refractivity contribution in [1.29, 1.82) is 0 Å². The second-order valence-electron chi connectivity index (χ2n) is 15.4. The molecule has 0 aromatic rings. The lowest BCUT2D eigenvalue weighted by molar-refractivity contribution is -0.870. The number of phosphoric ester groups is 1. The fourth-order valence-corrected chi connectivity index (χ4v) is 6.42. The van der Waals surface area contributed by atoms with Crippen LogP contribution in [0.4, 0.5) is 0 Å². The minimum atomic E-state index is -4.51. The van der Waals surface area contributed by atoms with Gasteiger partial charge < -0.3 is 27.9 Å². The first-order valence-electron chi connectivity index (χ1n) is 21.1. The molecular formula is C42H82NO7P. The van der Waals surface area contributed by atoms with Crippen molar-refractivity contribution in [3.63, 3.8) is 0 Å². The van der Waals surface area contributed by atoms with Crippen LogP contribution in [0, 0.1) is 0 Å².